The van der Waals surface area contributed by atoms with Gasteiger partial charge >= 0.3 is 17.9 Å². The number of carbonyl (C=O) groups is 3. The number of hydrogen-bond donors (Lipinski definition) is 0. The molecule has 0 spiro atoms. The van der Waals surface area contributed by atoms with Crippen molar-refractivity contribution in [3.63, 3.8) is 0 Å². The van der Waals surface area contributed by atoms with Gasteiger partial charge in [0.1, 0.15) is 11.5 Å². The molecule has 0 saturated carbocycles. The number of rotatable bonds is 9. The molecule has 1 saturated heterocycles. The van der Waals surface area contributed by atoms with Crippen molar-refractivity contribution >= 4 is 26.2 Å². The molecular formula is C29H38O8Si. The molecular weight excluding hydrogens is 504 g/mol. The minimum atomic E-state index is -2.25. The first-order valence-corrected chi connectivity index (χ1v) is 15.7. The lowest BCUT2D eigenvalue weighted by Gasteiger charge is -2.38. The minimum Gasteiger partial charge on any atom is -0.465 e. The zero-order valence-electron chi connectivity index (χ0n) is 23.2. The highest BCUT2D eigenvalue weighted by molar-refractivity contribution is 6.74. The fourth-order valence-corrected chi connectivity index (χ4v) is 4.86. The summed E-state index contributed by atoms with van der Waals surface area (Å²) in [5.74, 6) is -1.98. The van der Waals surface area contributed by atoms with Crippen LogP contribution in [0.2, 0.25) is 18.1 Å². The Kier molecular flexibility index (Phi) is 9.17. The number of ether oxygens (including phenoxy) is 4. The van der Waals surface area contributed by atoms with Crippen molar-refractivity contribution in [3.05, 3.63) is 71.8 Å². The van der Waals surface area contributed by atoms with Crippen LogP contribution in [0, 0.1) is 5.41 Å². The van der Waals surface area contributed by atoms with Crippen LogP contribution in [-0.2, 0) is 28.2 Å². The molecule has 2 aromatic carbocycles. The first-order chi connectivity index (χ1) is 17.8. The van der Waals surface area contributed by atoms with Crippen LogP contribution in [0.5, 0.6) is 0 Å². The highest BCUT2D eigenvalue weighted by atomic mass is 28.4. The van der Waals surface area contributed by atoms with Crippen LogP contribution in [0.1, 0.15) is 55.3 Å². The Balaban J connectivity index is 1.99. The Morgan fingerprint density at radius 1 is 0.895 bits per heavy atom. The van der Waals surface area contributed by atoms with Crippen molar-refractivity contribution < 1.29 is 37.8 Å². The Hall–Kier alpha value is -3.01. The van der Waals surface area contributed by atoms with E-state index in [0.717, 1.165) is 0 Å². The summed E-state index contributed by atoms with van der Waals surface area (Å²) in [6.07, 6.45) is -3.55. The number of esters is 3. The fraction of sp³-hybridized carbons (Fsp3) is 0.483. The molecule has 0 bridgehead atoms. The van der Waals surface area contributed by atoms with Crippen molar-refractivity contribution in [1.29, 1.82) is 0 Å². The monoisotopic (exact) mass is 542 g/mol. The van der Waals surface area contributed by atoms with Crippen molar-refractivity contribution in [2.45, 2.75) is 71.2 Å². The zero-order chi connectivity index (χ0) is 28.1. The van der Waals surface area contributed by atoms with Crippen LogP contribution in [0.3, 0.4) is 0 Å². The lowest BCUT2D eigenvalue weighted by molar-refractivity contribution is -0.163. The van der Waals surface area contributed by atoms with Gasteiger partial charge in [-0.2, -0.15) is 0 Å². The van der Waals surface area contributed by atoms with Gasteiger partial charge in [0.05, 0.1) is 24.3 Å². The predicted molar refractivity (Wildman–Crippen MR) is 144 cm³/mol. The third-order valence-corrected chi connectivity index (χ3v) is 11.9. The van der Waals surface area contributed by atoms with Gasteiger partial charge in [0, 0.05) is 0 Å². The van der Waals surface area contributed by atoms with Gasteiger partial charge in [-0.05, 0) is 56.2 Å². The molecule has 2 aromatic rings. The van der Waals surface area contributed by atoms with E-state index in [0.29, 0.717) is 5.56 Å². The second-order valence-corrected chi connectivity index (χ2v) is 15.8. The molecule has 1 unspecified atom stereocenters. The van der Waals surface area contributed by atoms with Crippen LogP contribution in [0.25, 0.3) is 0 Å². The summed E-state index contributed by atoms with van der Waals surface area (Å²) in [5, 5.41) is -0.0930. The summed E-state index contributed by atoms with van der Waals surface area (Å²) >= 11 is 0. The van der Waals surface area contributed by atoms with Crippen LogP contribution < -0.4 is 0 Å². The third-order valence-electron chi connectivity index (χ3n) is 7.40. The highest BCUT2D eigenvalue weighted by Gasteiger charge is 2.63. The predicted octanol–water partition coefficient (Wildman–Crippen LogP) is 5.39. The largest absolute Gasteiger partial charge is 0.465 e. The summed E-state index contributed by atoms with van der Waals surface area (Å²) in [5.41, 5.74) is -0.930. The second kappa shape index (κ2) is 11.8. The van der Waals surface area contributed by atoms with Gasteiger partial charge in [-0.25, -0.2) is 9.59 Å². The van der Waals surface area contributed by atoms with E-state index in [2.05, 4.69) is 33.9 Å². The Bertz CT molecular complexity index is 1110. The van der Waals surface area contributed by atoms with Gasteiger partial charge < -0.3 is 23.4 Å². The maximum absolute atomic E-state index is 13.5. The van der Waals surface area contributed by atoms with E-state index in [1.807, 2.05) is 0 Å². The SMILES string of the molecule is CCOC(=O)[C@@]1(C)[C@@H](CO[Si](C)(C)C(C)(C)C)OC(OC(=O)c2ccccc2)[C@@H]1OC(=O)c1ccccc1. The Morgan fingerprint density at radius 3 is 1.87 bits per heavy atom. The average molecular weight is 543 g/mol. The van der Waals surface area contributed by atoms with Gasteiger partial charge in [0.15, 0.2) is 14.4 Å². The molecule has 9 heteroatoms. The summed E-state index contributed by atoms with van der Waals surface area (Å²) in [7, 11) is -2.25. The molecule has 3 rings (SSSR count). The van der Waals surface area contributed by atoms with E-state index in [9.17, 15) is 14.4 Å². The maximum atomic E-state index is 13.5. The molecule has 4 atom stereocenters. The van der Waals surface area contributed by atoms with E-state index in [4.69, 9.17) is 23.4 Å². The molecule has 0 N–H and O–H groups in total. The van der Waals surface area contributed by atoms with E-state index >= 15 is 0 Å². The van der Waals surface area contributed by atoms with Gasteiger partial charge in [-0.15, -0.1) is 0 Å². The van der Waals surface area contributed by atoms with Crippen LogP contribution in [-0.4, -0.2) is 57.9 Å². The molecule has 0 amide bonds. The minimum absolute atomic E-state index is 0.0323. The lowest BCUT2D eigenvalue weighted by atomic mass is 9.80. The molecule has 1 aliphatic rings. The first kappa shape index (κ1) is 29.5. The molecule has 0 aromatic heterocycles. The number of carbonyl (C=O) groups excluding carboxylic acids is 3. The molecule has 8 nitrogen and oxygen atoms in total. The van der Waals surface area contributed by atoms with Crippen LogP contribution >= 0.6 is 0 Å². The van der Waals surface area contributed by atoms with Crippen molar-refractivity contribution in [2.24, 2.45) is 5.41 Å². The van der Waals surface area contributed by atoms with Gasteiger partial charge in [-0.1, -0.05) is 57.2 Å². The Labute approximate surface area is 225 Å². The summed E-state index contributed by atoms with van der Waals surface area (Å²) in [6, 6.07) is 16.8. The van der Waals surface area contributed by atoms with E-state index in [1.165, 1.54) is 0 Å². The van der Waals surface area contributed by atoms with E-state index in [-0.39, 0.29) is 23.8 Å². The standard InChI is InChI=1S/C29H38O8Si/c1-8-33-27(32)29(5)22(19-34-38(6,7)28(2,3)4)35-26(37-25(31)21-17-13-10-14-18-21)23(29)36-24(30)20-15-11-9-12-16-20/h9-18,22-23,26H,8,19H2,1-7H3/t22-,23+,26?,29+/m1/s1. The first-order valence-electron chi connectivity index (χ1n) is 12.8. The lowest BCUT2D eigenvalue weighted by Crippen LogP contribution is -2.51. The zero-order valence-corrected chi connectivity index (χ0v) is 24.2. The van der Waals surface area contributed by atoms with Crippen LogP contribution in [0.4, 0.5) is 0 Å². The summed E-state index contributed by atoms with van der Waals surface area (Å²) in [6.45, 7) is 13.9. The van der Waals surface area contributed by atoms with Crippen molar-refractivity contribution in [3.8, 4) is 0 Å². The van der Waals surface area contributed by atoms with Crippen molar-refractivity contribution in [2.75, 3.05) is 13.2 Å². The summed E-state index contributed by atoms with van der Waals surface area (Å²) < 4.78 is 29.6. The molecule has 0 radical (unpaired) electrons. The van der Waals surface area contributed by atoms with Gasteiger partial charge in [-0.3, -0.25) is 4.79 Å². The quantitative estimate of drug-likeness (QED) is 0.237. The van der Waals surface area contributed by atoms with Gasteiger partial charge in [0.2, 0.25) is 6.29 Å². The van der Waals surface area contributed by atoms with Crippen LogP contribution in [0.15, 0.2) is 60.7 Å². The average Bonchev–Trinajstić information content (AvgIpc) is 3.14. The third kappa shape index (κ3) is 6.34. The topological polar surface area (TPSA) is 97.4 Å². The highest BCUT2D eigenvalue weighted by Crippen LogP contribution is 2.45. The van der Waals surface area contributed by atoms with E-state index in [1.54, 1.807) is 74.5 Å². The summed E-state index contributed by atoms with van der Waals surface area (Å²) in [4.78, 5) is 39.6. The van der Waals surface area contributed by atoms with Crippen molar-refractivity contribution in [1.82, 2.24) is 0 Å². The molecule has 38 heavy (non-hydrogen) atoms. The normalized spacial score (nSPS) is 23.5. The number of hydrogen-bond acceptors (Lipinski definition) is 8. The maximum Gasteiger partial charge on any atom is 0.340 e. The molecule has 1 fully saturated rings. The molecule has 0 aliphatic carbocycles. The second-order valence-electron chi connectivity index (χ2n) is 11.0. The van der Waals surface area contributed by atoms with Gasteiger partial charge in [0.25, 0.3) is 0 Å². The van der Waals surface area contributed by atoms with E-state index < -0.39 is 50.1 Å². The molecule has 1 aliphatic heterocycles. The fourth-order valence-electron chi connectivity index (χ4n) is 3.86. The smallest absolute Gasteiger partial charge is 0.340 e. The Morgan fingerprint density at radius 2 is 1.39 bits per heavy atom. The number of benzene rings is 2. The molecule has 206 valence electrons. The molecule has 1 heterocycles.